The minimum atomic E-state index is -0.189. The lowest BCUT2D eigenvalue weighted by molar-refractivity contribution is 0.0600. The standard InChI is InChI=1S/C19H24N4O2/c1-12(2)25-19(24)23-9-3-4-13(11-23)14-5-7-20-16-10-22-18-15(17(14)16)6-8-21-18/h6-8,10,12-14H,3-5,9,11H2,1-2H3,(H,21,22). The number of hydrogen-bond acceptors (Lipinski definition) is 4. The molecule has 0 spiro atoms. The molecule has 2 unspecified atom stereocenters. The molecule has 4 rings (SSSR count). The molecule has 2 aliphatic rings. The van der Waals surface area contributed by atoms with Crippen molar-refractivity contribution < 1.29 is 9.53 Å². The van der Waals surface area contributed by atoms with E-state index in [1.165, 1.54) is 5.56 Å². The molecule has 0 aromatic carbocycles. The minimum Gasteiger partial charge on any atom is -0.447 e. The number of likely N-dealkylation sites (tertiary alicyclic amines) is 1. The fourth-order valence-electron chi connectivity index (χ4n) is 4.10. The fourth-order valence-corrected chi connectivity index (χ4v) is 4.10. The van der Waals surface area contributed by atoms with Gasteiger partial charge in [-0.25, -0.2) is 9.78 Å². The van der Waals surface area contributed by atoms with Gasteiger partial charge in [0, 0.05) is 30.9 Å². The van der Waals surface area contributed by atoms with E-state index in [0.29, 0.717) is 11.8 Å². The SMILES string of the molecule is CC(C)OC(=O)N1CCCC(C2CC=Nc3cnc4[nH]ccc4c32)C1. The molecule has 2 aromatic heterocycles. The summed E-state index contributed by atoms with van der Waals surface area (Å²) in [5.41, 5.74) is 3.15. The Labute approximate surface area is 147 Å². The van der Waals surface area contributed by atoms with E-state index in [0.717, 1.165) is 49.1 Å². The lowest BCUT2D eigenvalue weighted by Crippen LogP contribution is -2.42. The highest BCUT2D eigenvalue weighted by Gasteiger charge is 2.34. The summed E-state index contributed by atoms with van der Waals surface area (Å²) in [4.78, 5) is 26.4. The lowest BCUT2D eigenvalue weighted by atomic mass is 9.77. The van der Waals surface area contributed by atoms with Gasteiger partial charge in [-0.2, -0.15) is 0 Å². The van der Waals surface area contributed by atoms with Crippen molar-refractivity contribution in [2.45, 2.75) is 45.1 Å². The molecule has 2 aliphatic heterocycles. The molecule has 0 aliphatic carbocycles. The highest BCUT2D eigenvalue weighted by molar-refractivity contribution is 5.87. The first-order valence-electron chi connectivity index (χ1n) is 9.07. The molecule has 0 saturated carbocycles. The topological polar surface area (TPSA) is 70.6 Å². The summed E-state index contributed by atoms with van der Waals surface area (Å²) in [6.07, 6.45) is 8.56. The van der Waals surface area contributed by atoms with Gasteiger partial charge in [-0.3, -0.25) is 4.99 Å². The highest BCUT2D eigenvalue weighted by atomic mass is 16.6. The minimum absolute atomic E-state index is 0.0824. The number of piperidine rings is 1. The first kappa shape index (κ1) is 16.1. The zero-order valence-corrected chi connectivity index (χ0v) is 14.7. The predicted octanol–water partition coefficient (Wildman–Crippen LogP) is 4.01. The summed E-state index contributed by atoms with van der Waals surface area (Å²) in [5, 5.41) is 1.15. The Bertz CT molecular complexity index is 811. The van der Waals surface area contributed by atoms with Crippen LogP contribution in [-0.4, -0.2) is 46.4 Å². The average molecular weight is 340 g/mol. The number of carbonyl (C=O) groups excluding carboxylic acids is 1. The third-order valence-corrected chi connectivity index (χ3v) is 5.19. The van der Waals surface area contributed by atoms with E-state index in [4.69, 9.17) is 4.74 Å². The summed E-state index contributed by atoms with van der Waals surface area (Å²) in [5.74, 6) is 0.780. The molecule has 1 saturated heterocycles. The van der Waals surface area contributed by atoms with Gasteiger partial charge in [0.2, 0.25) is 0 Å². The number of hydrogen-bond donors (Lipinski definition) is 1. The molecule has 1 N–H and O–H groups in total. The number of carbonyl (C=O) groups is 1. The Morgan fingerprint density at radius 2 is 2.32 bits per heavy atom. The average Bonchev–Trinajstić information content (AvgIpc) is 3.09. The summed E-state index contributed by atoms with van der Waals surface area (Å²) < 4.78 is 5.40. The first-order valence-corrected chi connectivity index (χ1v) is 9.07. The molecule has 2 atom stereocenters. The van der Waals surface area contributed by atoms with Crippen LogP contribution in [0.1, 0.15) is 44.6 Å². The number of nitrogens with one attached hydrogen (secondary N) is 1. The number of ether oxygens (including phenoxy) is 1. The Morgan fingerprint density at radius 3 is 3.16 bits per heavy atom. The van der Waals surface area contributed by atoms with Crippen LogP contribution >= 0.6 is 0 Å². The summed E-state index contributed by atoms with van der Waals surface area (Å²) in [6.45, 7) is 5.31. The molecule has 4 heterocycles. The van der Waals surface area contributed by atoms with Gasteiger partial charge in [0.15, 0.2) is 0 Å². The zero-order valence-electron chi connectivity index (χ0n) is 14.7. The Kier molecular flexibility index (Phi) is 4.19. The van der Waals surface area contributed by atoms with E-state index in [1.54, 1.807) is 0 Å². The van der Waals surface area contributed by atoms with Crippen LogP contribution in [0.2, 0.25) is 0 Å². The summed E-state index contributed by atoms with van der Waals surface area (Å²) >= 11 is 0. The molecule has 132 valence electrons. The van der Waals surface area contributed by atoms with Crippen molar-refractivity contribution in [1.29, 1.82) is 0 Å². The van der Waals surface area contributed by atoms with Gasteiger partial charge in [0.25, 0.3) is 0 Å². The molecular weight excluding hydrogens is 316 g/mol. The van der Waals surface area contributed by atoms with Crippen molar-refractivity contribution in [2.75, 3.05) is 13.1 Å². The van der Waals surface area contributed by atoms with Crippen molar-refractivity contribution in [3.8, 4) is 0 Å². The largest absolute Gasteiger partial charge is 0.447 e. The van der Waals surface area contributed by atoms with Gasteiger partial charge in [-0.05, 0) is 56.6 Å². The normalized spacial score (nSPS) is 23.1. The van der Waals surface area contributed by atoms with Crippen LogP contribution in [0.5, 0.6) is 0 Å². The van der Waals surface area contributed by atoms with Crippen molar-refractivity contribution in [3.63, 3.8) is 0 Å². The van der Waals surface area contributed by atoms with E-state index in [1.807, 2.05) is 37.4 Å². The third-order valence-electron chi connectivity index (χ3n) is 5.19. The second-order valence-corrected chi connectivity index (χ2v) is 7.23. The number of nitrogens with zero attached hydrogens (tertiary/aromatic N) is 3. The zero-order chi connectivity index (χ0) is 17.4. The van der Waals surface area contributed by atoms with E-state index in [9.17, 15) is 4.79 Å². The van der Waals surface area contributed by atoms with E-state index in [2.05, 4.69) is 21.0 Å². The predicted molar refractivity (Wildman–Crippen MR) is 97.5 cm³/mol. The second kappa shape index (κ2) is 6.50. The Hall–Kier alpha value is -2.37. The van der Waals surface area contributed by atoms with Crippen LogP contribution in [0.15, 0.2) is 23.5 Å². The molecular formula is C19H24N4O2. The second-order valence-electron chi connectivity index (χ2n) is 7.23. The lowest BCUT2D eigenvalue weighted by Gasteiger charge is -2.37. The van der Waals surface area contributed by atoms with Crippen molar-refractivity contribution in [1.82, 2.24) is 14.9 Å². The van der Waals surface area contributed by atoms with Crippen LogP contribution in [0, 0.1) is 5.92 Å². The fraction of sp³-hybridized carbons (Fsp3) is 0.526. The monoisotopic (exact) mass is 340 g/mol. The quantitative estimate of drug-likeness (QED) is 0.898. The van der Waals surface area contributed by atoms with Crippen LogP contribution in [0.4, 0.5) is 10.5 Å². The van der Waals surface area contributed by atoms with Crippen molar-refractivity contribution in [3.05, 3.63) is 24.0 Å². The van der Waals surface area contributed by atoms with Crippen LogP contribution in [0.3, 0.4) is 0 Å². The number of rotatable bonds is 2. The van der Waals surface area contributed by atoms with E-state index >= 15 is 0 Å². The molecule has 0 bridgehead atoms. The number of aliphatic imine (C=N–C) groups is 1. The van der Waals surface area contributed by atoms with Gasteiger partial charge < -0.3 is 14.6 Å². The highest BCUT2D eigenvalue weighted by Crippen LogP contribution is 2.43. The number of amides is 1. The van der Waals surface area contributed by atoms with Gasteiger partial charge in [0.1, 0.15) is 5.65 Å². The van der Waals surface area contributed by atoms with E-state index < -0.39 is 0 Å². The number of H-pyrrole nitrogens is 1. The molecule has 6 heteroatoms. The van der Waals surface area contributed by atoms with Crippen LogP contribution in [-0.2, 0) is 4.74 Å². The third kappa shape index (κ3) is 3.01. The summed E-state index contributed by atoms with van der Waals surface area (Å²) in [7, 11) is 0. The summed E-state index contributed by atoms with van der Waals surface area (Å²) in [6, 6.07) is 2.09. The number of aromatic amines is 1. The van der Waals surface area contributed by atoms with Gasteiger partial charge in [0.05, 0.1) is 18.0 Å². The number of fused-ring (bicyclic) bond motifs is 3. The smallest absolute Gasteiger partial charge is 0.410 e. The Morgan fingerprint density at radius 1 is 1.44 bits per heavy atom. The molecule has 0 radical (unpaired) electrons. The number of aromatic nitrogens is 2. The van der Waals surface area contributed by atoms with Gasteiger partial charge in [-0.15, -0.1) is 0 Å². The molecule has 1 fully saturated rings. The maximum atomic E-state index is 12.3. The molecule has 25 heavy (non-hydrogen) atoms. The molecule has 1 amide bonds. The maximum absolute atomic E-state index is 12.3. The molecule has 6 nitrogen and oxygen atoms in total. The molecule has 2 aromatic rings. The first-order chi connectivity index (χ1) is 12.1. The number of pyridine rings is 1. The van der Waals surface area contributed by atoms with Crippen LogP contribution < -0.4 is 0 Å². The Balaban J connectivity index is 1.61. The van der Waals surface area contributed by atoms with Gasteiger partial charge >= 0.3 is 6.09 Å². The van der Waals surface area contributed by atoms with Crippen molar-refractivity contribution in [2.24, 2.45) is 10.9 Å². The maximum Gasteiger partial charge on any atom is 0.410 e. The van der Waals surface area contributed by atoms with Gasteiger partial charge in [-0.1, -0.05) is 0 Å². The van der Waals surface area contributed by atoms with Crippen LogP contribution in [0.25, 0.3) is 11.0 Å². The van der Waals surface area contributed by atoms with Crippen molar-refractivity contribution >= 4 is 29.0 Å². The van der Waals surface area contributed by atoms with E-state index in [-0.39, 0.29) is 12.2 Å².